The number of ether oxygens (including phenoxy) is 6. The highest BCUT2D eigenvalue weighted by molar-refractivity contribution is 7.07. The predicted octanol–water partition coefficient (Wildman–Crippen LogP) is 2.76. The van der Waals surface area contributed by atoms with Gasteiger partial charge in [-0.3, -0.25) is 14.2 Å². The molecule has 216 valence electrons. The van der Waals surface area contributed by atoms with Gasteiger partial charge in [-0.1, -0.05) is 17.4 Å². The summed E-state index contributed by atoms with van der Waals surface area (Å²) in [5.74, 6) is 0.648. The van der Waals surface area contributed by atoms with E-state index in [1.807, 2.05) is 0 Å². The Hall–Kier alpha value is -4.58. The van der Waals surface area contributed by atoms with Gasteiger partial charge in [0.05, 0.1) is 56.9 Å². The van der Waals surface area contributed by atoms with Gasteiger partial charge in [0.25, 0.3) is 5.56 Å². The highest BCUT2D eigenvalue weighted by Crippen LogP contribution is 2.39. The summed E-state index contributed by atoms with van der Waals surface area (Å²) >= 11 is 1.17. The van der Waals surface area contributed by atoms with Crippen molar-refractivity contribution in [2.75, 3.05) is 35.0 Å². The number of carbonyl (C=O) groups is 2. The van der Waals surface area contributed by atoms with Crippen molar-refractivity contribution in [1.82, 2.24) is 4.57 Å². The monoisotopic (exact) mass is 582 g/mol. The quantitative estimate of drug-likeness (QED) is 0.277. The average Bonchev–Trinajstić information content (AvgIpc) is 3.25. The van der Waals surface area contributed by atoms with Crippen molar-refractivity contribution in [1.29, 1.82) is 0 Å². The lowest BCUT2D eigenvalue weighted by atomic mass is 9.95. The summed E-state index contributed by atoms with van der Waals surface area (Å²) in [5, 5.41) is 0. The van der Waals surface area contributed by atoms with E-state index in [2.05, 4.69) is 4.99 Å². The third-order valence-electron chi connectivity index (χ3n) is 6.26. The van der Waals surface area contributed by atoms with Gasteiger partial charge in [0.1, 0.15) is 0 Å². The maximum atomic E-state index is 14.0. The van der Waals surface area contributed by atoms with Crippen LogP contribution in [0.2, 0.25) is 0 Å². The van der Waals surface area contributed by atoms with Gasteiger partial charge in [-0.15, -0.1) is 0 Å². The summed E-state index contributed by atoms with van der Waals surface area (Å²) in [6.45, 7) is 4.82. The van der Waals surface area contributed by atoms with Crippen molar-refractivity contribution < 1.29 is 38.0 Å². The van der Waals surface area contributed by atoms with E-state index in [0.29, 0.717) is 43.4 Å². The molecule has 1 unspecified atom stereocenters. The van der Waals surface area contributed by atoms with Gasteiger partial charge in [0, 0.05) is 6.92 Å². The van der Waals surface area contributed by atoms with Gasteiger partial charge < -0.3 is 28.4 Å². The van der Waals surface area contributed by atoms with Crippen molar-refractivity contribution in [3.8, 4) is 28.7 Å². The summed E-state index contributed by atoms with van der Waals surface area (Å²) in [5.41, 5.74) is 1.42. The molecule has 0 amide bonds. The Morgan fingerprint density at radius 3 is 2.20 bits per heavy atom. The first-order valence-corrected chi connectivity index (χ1v) is 13.3. The number of carbonyl (C=O) groups excluding carboxylic acids is 2. The molecule has 11 nitrogen and oxygen atoms in total. The lowest BCUT2D eigenvalue weighted by Crippen LogP contribution is -2.40. The number of aromatic nitrogens is 1. The number of methoxy groups -OCH3 is 4. The van der Waals surface area contributed by atoms with E-state index in [1.165, 1.54) is 51.3 Å². The van der Waals surface area contributed by atoms with Crippen LogP contribution in [0.25, 0.3) is 6.08 Å². The molecule has 1 aliphatic rings. The minimum absolute atomic E-state index is 0.141. The Kier molecular flexibility index (Phi) is 8.82. The molecular weight excluding hydrogens is 552 g/mol. The summed E-state index contributed by atoms with van der Waals surface area (Å²) in [4.78, 5) is 43.7. The SMILES string of the molecule is CCOC(=O)C1=C(C)N=c2s/c(=C\c3cc(OC)c(OC)c(OC)c3)c(=O)n2C1c1ccc(OC(C)=O)c(OC)c1. The first kappa shape index (κ1) is 29.4. The Balaban J connectivity index is 1.96. The minimum Gasteiger partial charge on any atom is -0.493 e. The van der Waals surface area contributed by atoms with E-state index in [4.69, 9.17) is 28.4 Å². The molecule has 1 aromatic heterocycles. The number of hydrogen-bond acceptors (Lipinski definition) is 11. The van der Waals surface area contributed by atoms with E-state index >= 15 is 0 Å². The van der Waals surface area contributed by atoms with Crippen LogP contribution in [-0.4, -0.2) is 51.6 Å². The Labute approximate surface area is 239 Å². The fourth-order valence-electron chi connectivity index (χ4n) is 4.54. The number of esters is 2. The largest absolute Gasteiger partial charge is 0.493 e. The molecule has 0 N–H and O–H groups in total. The summed E-state index contributed by atoms with van der Waals surface area (Å²) in [6.07, 6.45) is 1.69. The molecule has 4 rings (SSSR count). The molecule has 0 aliphatic carbocycles. The fraction of sp³-hybridized carbons (Fsp3) is 0.310. The molecule has 0 radical (unpaired) electrons. The van der Waals surface area contributed by atoms with Crippen LogP contribution in [0.5, 0.6) is 28.7 Å². The predicted molar refractivity (Wildman–Crippen MR) is 151 cm³/mol. The zero-order valence-corrected chi connectivity index (χ0v) is 24.5. The van der Waals surface area contributed by atoms with Crippen LogP contribution in [0.4, 0.5) is 0 Å². The van der Waals surface area contributed by atoms with Crippen LogP contribution in [0.3, 0.4) is 0 Å². The summed E-state index contributed by atoms with van der Waals surface area (Å²) < 4.78 is 34.2. The van der Waals surface area contributed by atoms with Gasteiger partial charge in [-0.05, 0) is 55.3 Å². The molecule has 0 spiro atoms. The second kappa shape index (κ2) is 12.3. The molecule has 1 atom stereocenters. The third kappa shape index (κ3) is 5.68. The van der Waals surface area contributed by atoms with Crippen LogP contribution < -0.4 is 38.6 Å². The Bertz CT molecular complexity index is 1690. The van der Waals surface area contributed by atoms with E-state index in [9.17, 15) is 14.4 Å². The molecule has 2 aromatic carbocycles. The molecule has 0 bridgehead atoms. The second-order valence-electron chi connectivity index (χ2n) is 8.76. The van der Waals surface area contributed by atoms with Gasteiger partial charge >= 0.3 is 11.9 Å². The minimum atomic E-state index is -0.882. The number of rotatable bonds is 9. The zero-order valence-electron chi connectivity index (χ0n) is 23.7. The van der Waals surface area contributed by atoms with Crippen LogP contribution in [0.1, 0.15) is 37.9 Å². The number of thiazole rings is 1. The van der Waals surface area contributed by atoms with E-state index in [-0.39, 0.29) is 29.2 Å². The summed E-state index contributed by atoms with van der Waals surface area (Å²) in [6, 6.07) is 7.42. The van der Waals surface area contributed by atoms with Crippen molar-refractivity contribution in [3.05, 3.63) is 72.4 Å². The lowest BCUT2D eigenvalue weighted by molar-refractivity contribution is -0.139. The number of benzene rings is 2. The van der Waals surface area contributed by atoms with Gasteiger partial charge in [-0.25, -0.2) is 9.79 Å². The van der Waals surface area contributed by atoms with Crippen LogP contribution in [-0.2, 0) is 14.3 Å². The van der Waals surface area contributed by atoms with Crippen molar-refractivity contribution in [2.24, 2.45) is 4.99 Å². The topological polar surface area (TPSA) is 124 Å². The molecule has 0 saturated carbocycles. The fourth-order valence-corrected chi connectivity index (χ4v) is 5.58. The molecule has 41 heavy (non-hydrogen) atoms. The highest BCUT2D eigenvalue weighted by atomic mass is 32.1. The smallest absolute Gasteiger partial charge is 0.338 e. The van der Waals surface area contributed by atoms with E-state index < -0.39 is 18.0 Å². The van der Waals surface area contributed by atoms with Crippen molar-refractivity contribution >= 4 is 29.4 Å². The van der Waals surface area contributed by atoms with Crippen molar-refractivity contribution in [2.45, 2.75) is 26.8 Å². The van der Waals surface area contributed by atoms with Crippen molar-refractivity contribution in [3.63, 3.8) is 0 Å². The second-order valence-corrected chi connectivity index (χ2v) is 9.77. The van der Waals surface area contributed by atoms with Gasteiger partial charge in [0.2, 0.25) is 5.75 Å². The molecule has 0 saturated heterocycles. The van der Waals surface area contributed by atoms with Gasteiger partial charge in [-0.2, -0.15) is 0 Å². The average molecular weight is 583 g/mol. The summed E-state index contributed by atoms with van der Waals surface area (Å²) in [7, 11) is 5.96. The number of nitrogens with zero attached hydrogens (tertiary/aromatic N) is 2. The first-order valence-electron chi connectivity index (χ1n) is 12.5. The molecule has 1 aliphatic heterocycles. The van der Waals surface area contributed by atoms with Gasteiger partial charge in [0.15, 0.2) is 27.8 Å². The molecule has 0 fully saturated rings. The van der Waals surface area contributed by atoms with Crippen LogP contribution in [0.15, 0.2) is 51.4 Å². The third-order valence-corrected chi connectivity index (χ3v) is 7.24. The molecule has 12 heteroatoms. The standard InChI is InChI=1S/C29H30N2O9S/c1-8-39-28(34)24-15(2)30-29-31(25(24)18-9-10-19(40-16(3)32)20(14-18)35-4)27(33)23(41-29)13-17-11-21(36-5)26(38-7)22(12-17)37-6/h9-14,25H,8H2,1-7H3/b23-13-. The van der Waals surface area contributed by atoms with Crippen LogP contribution in [0, 0.1) is 0 Å². The maximum absolute atomic E-state index is 14.0. The Morgan fingerprint density at radius 1 is 0.976 bits per heavy atom. The molecular formula is C29H30N2O9S. The number of hydrogen-bond donors (Lipinski definition) is 0. The molecule has 3 aromatic rings. The zero-order chi connectivity index (χ0) is 29.8. The maximum Gasteiger partial charge on any atom is 0.338 e. The number of fused-ring (bicyclic) bond motifs is 1. The van der Waals surface area contributed by atoms with E-state index in [0.717, 1.165) is 0 Å². The molecule has 2 heterocycles. The van der Waals surface area contributed by atoms with Crippen LogP contribution >= 0.6 is 11.3 Å². The first-order chi connectivity index (χ1) is 19.7. The highest BCUT2D eigenvalue weighted by Gasteiger charge is 2.34. The normalized spacial score (nSPS) is 14.6. The lowest BCUT2D eigenvalue weighted by Gasteiger charge is -2.25. The Morgan fingerprint density at radius 2 is 1.63 bits per heavy atom. The van der Waals surface area contributed by atoms with E-state index in [1.54, 1.807) is 50.3 Å². The number of allylic oxidation sites excluding steroid dienone is 1.